The second-order valence-corrected chi connectivity index (χ2v) is 7.24. The van der Waals surface area contributed by atoms with Gasteiger partial charge in [-0.3, -0.25) is 5.10 Å². The van der Waals surface area contributed by atoms with E-state index in [1.165, 1.54) is 44.5 Å². The van der Waals surface area contributed by atoms with Crippen LogP contribution in [-0.2, 0) is 14.8 Å². The minimum Gasteiger partial charge on any atom is -0.497 e. The molecule has 3 aromatic rings. The number of hydrogen-bond donors (Lipinski definition) is 2. The van der Waals surface area contributed by atoms with E-state index >= 15 is 0 Å². The monoisotopic (exact) mass is 375 g/mol. The van der Waals surface area contributed by atoms with Crippen LogP contribution in [0.5, 0.6) is 11.5 Å². The van der Waals surface area contributed by atoms with E-state index in [-0.39, 0.29) is 4.90 Å². The maximum absolute atomic E-state index is 12.4. The van der Waals surface area contributed by atoms with Crippen molar-refractivity contribution in [3.05, 3.63) is 48.7 Å². The van der Waals surface area contributed by atoms with Crippen LogP contribution in [0.4, 0.5) is 0 Å². The number of benzene rings is 2. The molecule has 136 valence electrons. The van der Waals surface area contributed by atoms with E-state index in [4.69, 9.17) is 9.47 Å². The number of rotatable bonds is 6. The number of methoxy groups -OCH3 is 1. The molecule has 1 atom stereocenters. The van der Waals surface area contributed by atoms with Gasteiger partial charge in [0.05, 0.1) is 29.1 Å². The zero-order valence-electron chi connectivity index (χ0n) is 14.1. The van der Waals surface area contributed by atoms with Crippen LogP contribution >= 0.6 is 0 Å². The van der Waals surface area contributed by atoms with Gasteiger partial charge in [-0.2, -0.15) is 9.82 Å². The number of aromatic nitrogens is 2. The lowest BCUT2D eigenvalue weighted by Gasteiger charge is -2.14. The molecule has 0 bridgehead atoms. The summed E-state index contributed by atoms with van der Waals surface area (Å²) in [6.07, 6.45) is 1.53. The number of aromatic amines is 1. The van der Waals surface area contributed by atoms with Crippen LogP contribution in [0.2, 0.25) is 0 Å². The van der Waals surface area contributed by atoms with Gasteiger partial charge in [0.1, 0.15) is 17.5 Å². The minimum absolute atomic E-state index is 0.0230. The van der Waals surface area contributed by atoms with Crippen LogP contribution in [0.15, 0.2) is 53.6 Å². The first-order chi connectivity index (χ1) is 12.4. The van der Waals surface area contributed by atoms with Gasteiger partial charge in [0.2, 0.25) is 10.0 Å². The maximum Gasteiger partial charge on any atom is 0.329 e. The summed E-state index contributed by atoms with van der Waals surface area (Å²) in [7, 11) is -2.39. The lowest BCUT2D eigenvalue weighted by atomic mass is 10.2. The molecule has 0 saturated carbocycles. The standard InChI is InChI=1S/C17H17N3O5S/c1-11(20-26(22,23)13-8-6-12(24-2)7-9-13)17(21)25-16-5-3-4-15-14(16)10-18-19-15/h3-11,20H,1-2H3,(H,18,19)/t11-/m0/s1. The zero-order valence-corrected chi connectivity index (χ0v) is 14.9. The van der Waals surface area contributed by atoms with Gasteiger partial charge in [0.25, 0.3) is 0 Å². The van der Waals surface area contributed by atoms with E-state index in [9.17, 15) is 13.2 Å². The van der Waals surface area contributed by atoms with Crippen LogP contribution in [0.3, 0.4) is 0 Å². The van der Waals surface area contributed by atoms with Crippen molar-refractivity contribution in [2.45, 2.75) is 17.9 Å². The van der Waals surface area contributed by atoms with Gasteiger partial charge in [-0.15, -0.1) is 0 Å². The van der Waals surface area contributed by atoms with Gasteiger partial charge in [-0.25, -0.2) is 13.2 Å². The Balaban J connectivity index is 1.73. The fourth-order valence-electron chi connectivity index (χ4n) is 2.33. The third-order valence-corrected chi connectivity index (χ3v) is 5.27. The lowest BCUT2D eigenvalue weighted by Crippen LogP contribution is -2.40. The molecule has 3 rings (SSSR count). The van der Waals surface area contributed by atoms with E-state index in [0.29, 0.717) is 22.4 Å². The predicted octanol–water partition coefficient (Wildman–Crippen LogP) is 1.84. The summed E-state index contributed by atoms with van der Waals surface area (Å²) in [6, 6.07) is 9.86. The summed E-state index contributed by atoms with van der Waals surface area (Å²) in [5.74, 6) is 0.108. The molecular weight excluding hydrogens is 358 g/mol. The first-order valence-corrected chi connectivity index (χ1v) is 9.19. The van der Waals surface area contributed by atoms with Gasteiger partial charge in [0.15, 0.2) is 0 Å². The molecule has 0 aliphatic heterocycles. The number of carbonyl (C=O) groups is 1. The molecule has 1 heterocycles. The SMILES string of the molecule is COc1ccc(S(=O)(=O)N[C@@H](C)C(=O)Oc2cccc3[nH]ncc23)cc1. The molecule has 9 heteroatoms. The fraction of sp³-hybridized carbons (Fsp3) is 0.176. The molecule has 0 saturated heterocycles. The number of esters is 1. The Morgan fingerprint density at radius 3 is 2.62 bits per heavy atom. The van der Waals surface area contributed by atoms with E-state index < -0.39 is 22.0 Å². The molecule has 0 spiro atoms. The van der Waals surface area contributed by atoms with Crippen molar-refractivity contribution in [3.63, 3.8) is 0 Å². The second-order valence-electron chi connectivity index (χ2n) is 5.53. The highest BCUT2D eigenvalue weighted by Gasteiger charge is 2.24. The Hall–Kier alpha value is -2.91. The normalized spacial score (nSPS) is 12.7. The number of H-pyrrole nitrogens is 1. The van der Waals surface area contributed by atoms with Gasteiger partial charge in [-0.1, -0.05) is 6.07 Å². The molecule has 1 aromatic heterocycles. The quantitative estimate of drug-likeness (QED) is 0.502. The van der Waals surface area contributed by atoms with Gasteiger partial charge >= 0.3 is 5.97 Å². The molecule has 0 aliphatic carbocycles. The van der Waals surface area contributed by atoms with Crippen LogP contribution in [0.1, 0.15) is 6.92 Å². The number of nitrogens with zero attached hydrogens (tertiary/aromatic N) is 1. The largest absolute Gasteiger partial charge is 0.497 e. The number of carbonyl (C=O) groups excluding carboxylic acids is 1. The molecule has 0 unspecified atom stereocenters. The molecule has 8 nitrogen and oxygen atoms in total. The van der Waals surface area contributed by atoms with Gasteiger partial charge < -0.3 is 9.47 Å². The Labute approximate surface area is 150 Å². The summed E-state index contributed by atoms with van der Waals surface area (Å²) in [4.78, 5) is 12.3. The van der Waals surface area contributed by atoms with E-state index in [0.717, 1.165) is 0 Å². The Kier molecular flexibility index (Phi) is 4.92. The van der Waals surface area contributed by atoms with Gasteiger partial charge in [-0.05, 0) is 43.3 Å². The van der Waals surface area contributed by atoms with Gasteiger partial charge in [0, 0.05) is 0 Å². The van der Waals surface area contributed by atoms with E-state index in [1.807, 2.05) is 0 Å². The van der Waals surface area contributed by atoms with E-state index in [1.54, 1.807) is 18.2 Å². The van der Waals surface area contributed by atoms with Crippen LogP contribution in [0.25, 0.3) is 10.9 Å². The number of hydrogen-bond acceptors (Lipinski definition) is 6. The molecule has 0 aliphatic rings. The summed E-state index contributed by atoms with van der Waals surface area (Å²) in [5.41, 5.74) is 0.710. The molecule has 0 radical (unpaired) electrons. The molecule has 0 amide bonds. The molecule has 2 aromatic carbocycles. The Bertz CT molecular complexity index is 1030. The zero-order chi connectivity index (χ0) is 18.7. The summed E-state index contributed by atoms with van der Waals surface area (Å²) >= 11 is 0. The summed E-state index contributed by atoms with van der Waals surface area (Å²) in [6.45, 7) is 1.42. The first kappa shape index (κ1) is 17.9. The number of sulfonamides is 1. The Morgan fingerprint density at radius 2 is 1.92 bits per heavy atom. The highest BCUT2D eigenvalue weighted by Crippen LogP contribution is 2.24. The number of ether oxygens (including phenoxy) is 2. The van der Waals surface area contributed by atoms with Crippen molar-refractivity contribution in [2.75, 3.05) is 7.11 Å². The van der Waals surface area contributed by atoms with Crippen molar-refractivity contribution in [2.24, 2.45) is 0 Å². The molecule has 2 N–H and O–H groups in total. The lowest BCUT2D eigenvalue weighted by molar-refractivity contribution is -0.135. The third kappa shape index (κ3) is 3.68. The third-order valence-electron chi connectivity index (χ3n) is 3.71. The average molecular weight is 375 g/mol. The predicted molar refractivity (Wildman–Crippen MR) is 94.5 cm³/mol. The second kappa shape index (κ2) is 7.14. The summed E-state index contributed by atoms with van der Waals surface area (Å²) in [5, 5.41) is 7.29. The highest BCUT2D eigenvalue weighted by molar-refractivity contribution is 7.89. The smallest absolute Gasteiger partial charge is 0.329 e. The first-order valence-electron chi connectivity index (χ1n) is 7.71. The average Bonchev–Trinajstić information content (AvgIpc) is 3.11. The maximum atomic E-state index is 12.4. The molecule has 26 heavy (non-hydrogen) atoms. The fourth-order valence-corrected chi connectivity index (χ4v) is 3.52. The van der Waals surface area contributed by atoms with Crippen molar-refractivity contribution in [1.82, 2.24) is 14.9 Å². The number of nitrogens with one attached hydrogen (secondary N) is 2. The molecular formula is C17H17N3O5S. The van der Waals surface area contributed by atoms with Crippen LogP contribution in [-0.4, -0.2) is 37.7 Å². The topological polar surface area (TPSA) is 110 Å². The highest BCUT2D eigenvalue weighted by atomic mass is 32.2. The minimum atomic E-state index is -3.88. The van der Waals surface area contributed by atoms with Crippen LogP contribution < -0.4 is 14.2 Å². The van der Waals surface area contributed by atoms with Crippen LogP contribution in [0, 0.1) is 0 Å². The van der Waals surface area contributed by atoms with Crippen molar-refractivity contribution >= 4 is 26.9 Å². The number of fused-ring (bicyclic) bond motifs is 1. The van der Waals surface area contributed by atoms with Crippen molar-refractivity contribution < 1.29 is 22.7 Å². The van der Waals surface area contributed by atoms with Crippen molar-refractivity contribution in [3.8, 4) is 11.5 Å². The van der Waals surface area contributed by atoms with Crippen molar-refractivity contribution in [1.29, 1.82) is 0 Å². The molecule has 0 fully saturated rings. The summed E-state index contributed by atoms with van der Waals surface area (Å²) < 4.78 is 37.4. The Morgan fingerprint density at radius 1 is 1.19 bits per heavy atom. The van der Waals surface area contributed by atoms with E-state index in [2.05, 4.69) is 14.9 Å².